The van der Waals surface area contributed by atoms with Crippen LogP contribution >= 0.6 is 0 Å². The number of anilines is 1. The molecule has 25 heavy (non-hydrogen) atoms. The zero-order chi connectivity index (χ0) is 18.8. The van der Waals surface area contributed by atoms with Crippen LogP contribution in [0.1, 0.15) is 59.2 Å². The summed E-state index contributed by atoms with van der Waals surface area (Å²) in [6, 6.07) is 0.485. The zero-order valence-electron chi connectivity index (χ0n) is 16.6. The summed E-state index contributed by atoms with van der Waals surface area (Å²) in [6.07, 6.45) is 6.24. The second-order valence-corrected chi connectivity index (χ2v) is 10.7. The molecule has 0 saturated heterocycles. The smallest absolute Gasteiger partial charge is 0.227 e. The molecular weight excluding hydrogens is 336 g/mol. The Morgan fingerprint density at radius 1 is 1.24 bits per heavy atom. The van der Waals surface area contributed by atoms with Crippen LogP contribution in [0.3, 0.4) is 0 Å². The summed E-state index contributed by atoms with van der Waals surface area (Å²) in [7, 11) is -0.798. The third-order valence-corrected chi connectivity index (χ3v) is 6.47. The molecule has 0 N–H and O–H groups in total. The monoisotopic (exact) mass is 370 g/mol. The Balaban J connectivity index is 2.16. The van der Waals surface area contributed by atoms with Crippen molar-refractivity contribution in [2.75, 3.05) is 24.0 Å². The summed E-state index contributed by atoms with van der Waals surface area (Å²) >= 11 is 0. The van der Waals surface area contributed by atoms with E-state index in [1.807, 2.05) is 0 Å². The van der Waals surface area contributed by atoms with Gasteiger partial charge in [-0.25, -0.2) is 8.42 Å². The molecule has 0 aliphatic heterocycles. The van der Waals surface area contributed by atoms with Gasteiger partial charge in [-0.1, -0.05) is 27.2 Å². The van der Waals surface area contributed by atoms with Crippen LogP contribution in [0.15, 0.2) is 0 Å². The van der Waals surface area contributed by atoms with E-state index in [1.165, 1.54) is 25.5 Å². The van der Waals surface area contributed by atoms with E-state index in [0.717, 1.165) is 18.3 Å². The van der Waals surface area contributed by atoms with Gasteiger partial charge < -0.3 is 4.90 Å². The molecule has 6 nitrogen and oxygen atoms in total. The minimum atomic E-state index is -2.93. The van der Waals surface area contributed by atoms with Gasteiger partial charge in [0.2, 0.25) is 5.95 Å². The van der Waals surface area contributed by atoms with Crippen molar-refractivity contribution < 1.29 is 8.42 Å². The summed E-state index contributed by atoms with van der Waals surface area (Å²) in [5.74, 6) is 2.65. The molecule has 0 aromatic carbocycles. The van der Waals surface area contributed by atoms with Crippen molar-refractivity contribution in [1.82, 2.24) is 14.8 Å². The fourth-order valence-corrected chi connectivity index (χ4v) is 4.82. The third kappa shape index (κ3) is 4.96. The van der Waals surface area contributed by atoms with Crippen LogP contribution in [0.5, 0.6) is 0 Å². The molecule has 2 unspecified atom stereocenters. The van der Waals surface area contributed by atoms with Gasteiger partial charge in [-0.2, -0.15) is 0 Å². The van der Waals surface area contributed by atoms with Crippen molar-refractivity contribution in [3.8, 4) is 0 Å². The Labute approximate surface area is 152 Å². The van der Waals surface area contributed by atoms with Crippen LogP contribution in [0, 0.1) is 11.3 Å². The molecule has 144 valence electrons. The maximum Gasteiger partial charge on any atom is 0.227 e. The van der Waals surface area contributed by atoms with Gasteiger partial charge in [0.1, 0.15) is 15.7 Å². The average molecular weight is 371 g/mol. The first kappa shape index (κ1) is 20.2. The fourth-order valence-electron chi connectivity index (χ4n) is 4.15. The minimum absolute atomic E-state index is 0.198. The summed E-state index contributed by atoms with van der Waals surface area (Å²) < 4.78 is 24.8. The maximum absolute atomic E-state index is 11.3. The molecule has 0 radical (unpaired) electrons. The van der Waals surface area contributed by atoms with Gasteiger partial charge in [-0.05, 0) is 37.5 Å². The average Bonchev–Trinajstić information content (AvgIpc) is 3.11. The summed E-state index contributed by atoms with van der Waals surface area (Å²) in [6.45, 7) is 9.87. The molecule has 1 aromatic rings. The van der Waals surface area contributed by atoms with Crippen molar-refractivity contribution in [3.05, 3.63) is 5.82 Å². The van der Waals surface area contributed by atoms with Crippen molar-refractivity contribution >= 4 is 15.8 Å². The van der Waals surface area contributed by atoms with Crippen LogP contribution in [-0.4, -0.2) is 48.3 Å². The van der Waals surface area contributed by atoms with Crippen LogP contribution in [0.25, 0.3) is 0 Å². The van der Waals surface area contributed by atoms with Crippen LogP contribution in [-0.2, 0) is 22.8 Å². The second kappa shape index (κ2) is 7.64. The second-order valence-electron chi connectivity index (χ2n) is 8.48. The van der Waals surface area contributed by atoms with E-state index in [1.54, 1.807) is 0 Å². The molecule has 1 aromatic heterocycles. The lowest BCUT2D eigenvalue weighted by atomic mass is 9.77. The Kier molecular flexibility index (Phi) is 6.17. The van der Waals surface area contributed by atoms with Gasteiger partial charge in [0, 0.05) is 32.3 Å². The van der Waals surface area contributed by atoms with E-state index in [0.29, 0.717) is 24.8 Å². The van der Waals surface area contributed by atoms with E-state index in [4.69, 9.17) is 0 Å². The van der Waals surface area contributed by atoms with E-state index in [9.17, 15) is 8.42 Å². The molecule has 2 rings (SSSR count). The molecule has 0 amide bonds. The Bertz CT molecular complexity index is 676. The highest BCUT2D eigenvalue weighted by Gasteiger charge is 2.39. The predicted molar refractivity (Wildman–Crippen MR) is 103 cm³/mol. The number of hydrogen-bond acceptors (Lipinski definition) is 5. The summed E-state index contributed by atoms with van der Waals surface area (Å²) in [5, 5.41) is 8.82. The minimum Gasteiger partial charge on any atom is -0.341 e. The fraction of sp³-hybridized carbons (Fsp3) is 0.889. The Hall–Kier alpha value is -1.11. The standard InChI is InChI=1S/C18H34N4O2S/c1-7-22-16(12-9-13-25(6,23)24)19-20-17(22)21(5)15-11-8-10-14(15)18(2,3)4/h14-15H,7-13H2,1-6H3. The molecule has 0 spiro atoms. The van der Waals surface area contributed by atoms with E-state index >= 15 is 0 Å². The molecular formula is C18H34N4O2S. The quantitative estimate of drug-likeness (QED) is 0.738. The normalized spacial score (nSPS) is 21.7. The van der Waals surface area contributed by atoms with E-state index < -0.39 is 9.84 Å². The van der Waals surface area contributed by atoms with Crippen molar-refractivity contribution in [2.24, 2.45) is 11.3 Å². The summed E-state index contributed by atoms with van der Waals surface area (Å²) in [4.78, 5) is 2.31. The first-order valence-electron chi connectivity index (χ1n) is 9.37. The number of aromatic nitrogens is 3. The number of nitrogens with zero attached hydrogens (tertiary/aromatic N) is 4. The lowest BCUT2D eigenvalue weighted by Gasteiger charge is -2.37. The zero-order valence-corrected chi connectivity index (χ0v) is 17.4. The molecule has 1 aliphatic rings. The Morgan fingerprint density at radius 2 is 1.92 bits per heavy atom. The maximum atomic E-state index is 11.3. The highest BCUT2D eigenvalue weighted by molar-refractivity contribution is 7.90. The molecule has 0 bridgehead atoms. The highest BCUT2D eigenvalue weighted by atomic mass is 32.2. The molecule has 7 heteroatoms. The van der Waals surface area contributed by atoms with Crippen molar-refractivity contribution in [3.63, 3.8) is 0 Å². The van der Waals surface area contributed by atoms with Gasteiger partial charge in [0.25, 0.3) is 0 Å². The third-order valence-electron chi connectivity index (χ3n) is 5.44. The molecule has 1 saturated carbocycles. The highest BCUT2D eigenvalue weighted by Crippen LogP contribution is 2.42. The van der Waals surface area contributed by atoms with Gasteiger partial charge >= 0.3 is 0 Å². The van der Waals surface area contributed by atoms with Gasteiger partial charge in [0.05, 0.1) is 5.75 Å². The van der Waals surface area contributed by atoms with Crippen molar-refractivity contribution in [1.29, 1.82) is 0 Å². The molecule has 1 fully saturated rings. The number of sulfone groups is 1. The van der Waals surface area contributed by atoms with Crippen LogP contribution in [0.2, 0.25) is 0 Å². The first-order chi connectivity index (χ1) is 11.5. The molecule has 1 aliphatic carbocycles. The number of rotatable bonds is 7. The van der Waals surface area contributed by atoms with Gasteiger partial charge in [-0.3, -0.25) is 4.57 Å². The lowest BCUT2D eigenvalue weighted by molar-refractivity contribution is 0.220. The SMILES string of the molecule is CCn1c(CCCS(C)(=O)=O)nnc1N(C)C1CCCC1C(C)(C)C. The lowest BCUT2D eigenvalue weighted by Crippen LogP contribution is -2.41. The van der Waals surface area contributed by atoms with Crippen LogP contribution in [0.4, 0.5) is 5.95 Å². The summed E-state index contributed by atoms with van der Waals surface area (Å²) in [5.41, 5.74) is 0.283. The topological polar surface area (TPSA) is 68.1 Å². The first-order valence-corrected chi connectivity index (χ1v) is 11.4. The largest absolute Gasteiger partial charge is 0.341 e. The van der Waals surface area contributed by atoms with Crippen molar-refractivity contribution in [2.45, 2.75) is 72.4 Å². The molecule has 1 heterocycles. The van der Waals surface area contributed by atoms with Gasteiger partial charge in [0.15, 0.2) is 0 Å². The number of hydrogen-bond donors (Lipinski definition) is 0. The van der Waals surface area contributed by atoms with Gasteiger partial charge in [-0.15, -0.1) is 10.2 Å². The predicted octanol–water partition coefficient (Wildman–Crippen LogP) is 2.93. The van der Waals surface area contributed by atoms with E-state index in [2.05, 4.69) is 54.4 Å². The molecule has 2 atom stereocenters. The number of aryl methyl sites for hydroxylation is 1. The van der Waals surface area contributed by atoms with Crippen LogP contribution < -0.4 is 4.90 Å². The Morgan fingerprint density at radius 3 is 2.48 bits per heavy atom. The van der Waals surface area contributed by atoms with E-state index in [-0.39, 0.29) is 11.2 Å².